The summed E-state index contributed by atoms with van der Waals surface area (Å²) in [6.07, 6.45) is 0.0511. The number of hydrogen-bond donors (Lipinski definition) is 0. The van der Waals surface area contributed by atoms with Gasteiger partial charge in [0, 0.05) is 6.42 Å². The minimum atomic E-state index is -3.36. The Morgan fingerprint density at radius 2 is 1.82 bits per heavy atom. The van der Waals surface area contributed by atoms with Gasteiger partial charge in [-0.05, 0) is 38.1 Å². The molecule has 0 amide bonds. The molecule has 0 radical (unpaired) electrons. The average molecular weight is 256 g/mol. The number of carbonyl (C=O) groups is 1. The first-order valence-electron chi connectivity index (χ1n) is 5.41. The van der Waals surface area contributed by atoms with Crippen LogP contribution in [0.4, 0.5) is 0 Å². The summed E-state index contributed by atoms with van der Waals surface area (Å²) in [5, 5.41) is 0. The SMILES string of the molecule is CCOc1ccc(S(=O)(=O)CCC(C)=O)cc1. The highest BCUT2D eigenvalue weighted by Crippen LogP contribution is 2.17. The van der Waals surface area contributed by atoms with E-state index in [-0.39, 0.29) is 22.9 Å². The van der Waals surface area contributed by atoms with Crippen LogP contribution in [0.15, 0.2) is 29.2 Å². The zero-order chi connectivity index (χ0) is 12.9. The molecule has 0 atom stereocenters. The number of carbonyl (C=O) groups excluding carboxylic acids is 1. The van der Waals surface area contributed by atoms with Crippen LogP contribution in [0.5, 0.6) is 5.75 Å². The Hall–Kier alpha value is -1.36. The van der Waals surface area contributed by atoms with E-state index in [4.69, 9.17) is 4.74 Å². The number of ketones is 1. The molecule has 0 saturated carbocycles. The Balaban J connectivity index is 2.81. The van der Waals surface area contributed by atoms with Gasteiger partial charge in [0.05, 0.1) is 17.3 Å². The molecular formula is C12H16O4S. The van der Waals surface area contributed by atoms with Crippen LogP contribution in [0.1, 0.15) is 20.3 Å². The van der Waals surface area contributed by atoms with Gasteiger partial charge < -0.3 is 4.74 Å². The lowest BCUT2D eigenvalue weighted by atomic mass is 10.3. The largest absolute Gasteiger partial charge is 0.494 e. The summed E-state index contributed by atoms with van der Waals surface area (Å²) >= 11 is 0. The molecule has 0 spiro atoms. The van der Waals surface area contributed by atoms with Crippen molar-refractivity contribution in [2.75, 3.05) is 12.4 Å². The summed E-state index contributed by atoms with van der Waals surface area (Å²) < 4.78 is 28.8. The number of rotatable bonds is 6. The summed E-state index contributed by atoms with van der Waals surface area (Å²) in [5.41, 5.74) is 0. The molecule has 4 nitrogen and oxygen atoms in total. The molecule has 0 aliphatic heterocycles. The maximum atomic E-state index is 11.8. The molecular weight excluding hydrogens is 240 g/mol. The van der Waals surface area contributed by atoms with Gasteiger partial charge >= 0.3 is 0 Å². The first-order valence-corrected chi connectivity index (χ1v) is 7.06. The normalized spacial score (nSPS) is 11.2. The van der Waals surface area contributed by atoms with E-state index in [1.54, 1.807) is 12.1 Å². The fourth-order valence-corrected chi connectivity index (χ4v) is 2.65. The van der Waals surface area contributed by atoms with Crippen molar-refractivity contribution in [2.45, 2.75) is 25.2 Å². The van der Waals surface area contributed by atoms with Crippen LogP contribution < -0.4 is 4.74 Å². The molecule has 17 heavy (non-hydrogen) atoms. The molecule has 0 aliphatic carbocycles. The number of sulfone groups is 1. The lowest BCUT2D eigenvalue weighted by molar-refractivity contribution is -0.116. The van der Waals surface area contributed by atoms with Crippen molar-refractivity contribution < 1.29 is 17.9 Å². The van der Waals surface area contributed by atoms with Crippen molar-refractivity contribution in [3.8, 4) is 5.75 Å². The zero-order valence-electron chi connectivity index (χ0n) is 9.97. The van der Waals surface area contributed by atoms with E-state index < -0.39 is 9.84 Å². The van der Waals surface area contributed by atoms with Gasteiger partial charge in [-0.2, -0.15) is 0 Å². The van der Waals surface area contributed by atoms with E-state index in [1.165, 1.54) is 19.1 Å². The topological polar surface area (TPSA) is 60.4 Å². The fraction of sp³-hybridized carbons (Fsp3) is 0.417. The van der Waals surface area contributed by atoms with Crippen LogP contribution in [0, 0.1) is 0 Å². The van der Waals surface area contributed by atoms with Crippen molar-refractivity contribution in [1.29, 1.82) is 0 Å². The minimum Gasteiger partial charge on any atom is -0.494 e. The molecule has 0 heterocycles. The third-order valence-corrected chi connectivity index (χ3v) is 3.95. The quantitative estimate of drug-likeness (QED) is 0.779. The third-order valence-electron chi connectivity index (χ3n) is 2.22. The highest BCUT2D eigenvalue weighted by molar-refractivity contribution is 7.91. The van der Waals surface area contributed by atoms with Gasteiger partial charge in [0.2, 0.25) is 0 Å². The molecule has 0 unspecified atom stereocenters. The van der Waals surface area contributed by atoms with Crippen LogP contribution >= 0.6 is 0 Å². The van der Waals surface area contributed by atoms with E-state index in [0.717, 1.165) is 0 Å². The Bertz CT molecular complexity index is 474. The smallest absolute Gasteiger partial charge is 0.178 e. The molecule has 5 heteroatoms. The second kappa shape index (κ2) is 5.82. The molecule has 1 rings (SSSR count). The Kier molecular flexibility index (Phi) is 4.69. The lowest BCUT2D eigenvalue weighted by Gasteiger charge is -2.05. The standard InChI is InChI=1S/C12H16O4S/c1-3-16-11-4-6-12(7-5-11)17(14,15)9-8-10(2)13/h4-7H,3,8-9H2,1-2H3. The van der Waals surface area contributed by atoms with Crippen LogP contribution in [-0.2, 0) is 14.6 Å². The summed E-state index contributed by atoms with van der Waals surface area (Å²) in [5.74, 6) is 0.369. The highest BCUT2D eigenvalue weighted by atomic mass is 32.2. The second-order valence-corrected chi connectivity index (χ2v) is 5.78. The van der Waals surface area contributed by atoms with Crippen LogP contribution in [0.25, 0.3) is 0 Å². The maximum absolute atomic E-state index is 11.8. The Morgan fingerprint density at radius 3 is 2.29 bits per heavy atom. The summed E-state index contributed by atoms with van der Waals surface area (Å²) in [6.45, 7) is 3.78. The molecule has 0 N–H and O–H groups in total. The van der Waals surface area contributed by atoms with E-state index in [0.29, 0.717) is 12.4 Å². The number of benzene rings is 1. The molecule has 0 aromatic heterocycles. The monoisotopic (exact) mass is 256 g/mol. The average Bonchev–Trinajstić information content (AvgIpc) is 2.28. The number of ether oxygens (including phenoxy) is 1. The molecule has 1 aromatic rings. The Morgan fingerprint density at radius 1 is 1.24 bits per heavy atom. The molecule has 1 aromatic carbocycles. The lowest BCUT2D eigenvalue weighted by Crippen LogP contribution is -2.09. The molecule has 0 fully saturated rings. The van der Waals surface area contributed by atoms with E-state index >= 15 is 0 Å². The summed E-state index contributed by atoms with van der Waals surface area (Å²) in [4.78, 5) is 11.0. The van der Waals surface area contributed by atoms with Crippen molar-refractivity contribution in [1.82, 2.24) is 0 Å². The summed E-state index contributed by atoms with van der Waals surface area (Å²) in [6, 6.07) is 6.23. The maximum Gasteiger partial charge on any atom is 0.178 e. The van der Waals surface area contributed by atoms with Crippen LogP contribution in [0.2, 0.25) is 0 Å². The summed E-state index contributed by atoms with van der Waals surface area (Å²) in [7, 11) is -3.36. The number of Topliss-reactive ketones (excluding diaryl/α,β-unsaturated/α-hetero) is 1. The van der Waals surface area contributed by atoms with Crippen molar-refractivity contribution in [2.24, 2.45) is 0 Å². The highest BCUT2D eigenvalue weighted by Gasteiger charge is 2.15. The first kappa shape index (κ1) is 13.7. The minimum absolute atomic E-state index is 0.0511. The second-order valence-electron chi connectivity index (χ2n) is 3.68. The van der Waals surface area contributed by atoms with Crippen molar-refractivity contribution >= 4 is 15.6 Å². The predicted octanol–water partition coefficient (Wildman–Crippen LogP) is 1.84. The fourth-order valence-electron chi connectivity index (χ4n) is 1.31. The van der Waals surface area contributed by atoms with Gasteiger partial charge in [-0.25, -0.2) is 8.42 Å². The molecule has 0 saturated heterocycles. The van der Waals surface area contributed by atoms with E-state index in [9.17, 15) is 13.2 Å². The van der Waals surface area contributed by atoms with Crippen LogP contribution in [-0.4, -0.2) is 26.6 Å². The van der Waals surface area contributed by atoms with Gasteiger partial charge in [0.25, 0.3) is 0 Å². The third kappa shape index (κ3) is 4.19. The molecule has 0 aliphatic rings. The van der Waals surface area contributed by atoms with E-state index in [2.05, 4.69) is 0 Å². The molecule has 0 bridgehead atoms. The van der Waals surface area contributed by atoms with Gasteiger partial charge in [0.15, 0.2) is 9.84 Å². The first-order chi connectivity index (χ1) is 7.95. The van der Waals surface area contributed by atoms with E-state index in [1.807, 2.05) is 6.92 Å². The molecule has 94 valence electrons. The van der Waals surface area contributed by atoms with Gasteiger partial charge in [-0.1, -0.05) is 0 Å². The van der Waals surface area contributed by atoms with Gasteiger partial charge in [-0.3, -0.25) is 4.79 Å². The van der Waals surface area contributed by atoms with Crippen LogP contribution in [0.3, 0.4) is 0 Å². The number of hydrogen-bond acceptors (Lipinski definition) is 4. The van der Waals surface area contributed by atoms with Crippen molar-refractivity contribution in [3.63, 3.8) is 0 Å². The zero-order valence-corrected chi connectivity index (χ0v) is 10.8. The van der Waals surface area contributed by atoms with Crippen molar-refractivity contribution in [3.05, 3.63) is 24.3 Å². The van der Waals surface area contributed by atoms with Gasteiger partial charge in [-0.15, -0.1) is 0 Å². The van der Waals surface area contributed by atoms with Gasteiger partial charge in [0.1, 0.15) is 11.5 Å². The predicted molar refractivity (Wildman–Crippen MR) is 65.0 cm³/mol. The Labute approximate surface area is 102 Å².